The van der Waals surface area contributed by atoms with Crippen molar-refractivity contribution in [3.05, 3.63) is 212 Å². The quantitative estimate of drug-likeness (QED) is 0.160. The first-order valence-electron chi connectivity index (χ1n) is 18.4. The lowest BCUT2D eigenvalue weighted by molar-refractivity contribution is 1.28. The highest BCUT2D eigenvalue weighted by Gasteiger charge is 2.16. The Hall–Kier alpha value is -6.74. The molecule has 0 aliphatic carbocycles. The highest BCUT2D eigenvalue weighted by molar-refractivity contribution is 7.25. The van der Waals surface area contributed by atoms with Crippen LogP contribution >= 0.6 is 11.3 Å². The van der Waals surface area contributed by atoms with Gasteiger partial charge in [-0.3, -0.25) is 0 Å². The van der Waals surface area contributed by atoms with Crippen LogP contribution in [-0.2, 0) is 0 Å². The van der Waals surface area contributed by atoms with Gasteiger partial charge in [0, 0.05) is 37.2 Å². The lowest BCUT2D eigenvalue weighted by atomic mass is 9.95. The summed E-state index contributed by atoms with van der Waals surface area (Å²) in [7, 11) is 0. The van der Waals surface area contributed by atoms with Crippen molar-refractivity contribution in [2.75, 3.05) is 4.90 Å². The van der Waals surface area contributed by atoms with Crippen molar-refractivity contribution in [3.63, 3.8) is 0 Å². The van der Waals surface area contributed by atoms with Gasteiger partial charge in [-0.25, -0.2) is 0 Å². The van der Waals surface area contributed by atoms with Crippen molar-refractivity contribution in [1.29, 1.82) is 0 Å². The third-order valence-corrected chi connectivity index (χ3v) is 11.6. The van der Waals surface area contributed by atoms with Gasteiger partial charge in [-0.2, -0.15) is 0 Å². The number of fused-ring (bicyclic) bond motifs is 4. The van der Waals surface area contributed by atoms with Gasteiger partial charge in [0.25, 0.3) is 0 Å². The van der Waals surface area contributed by atoms with Gasteiger partial charge >= 0.3 is 0 Å². The summed E-state index contributed by atoms with van der Waals surface area (Å²) >= 11 is 1.86. The predicted octanol–water partition coefficient (Wildman–Crippen LogP) is 15.3. The monoisotopic (exact) mass is 705 g/mol. The average Bonchev–Trinajstić information content (AvgIpc) is 3.64. The second kappa shape index (κ2) is 13.7. The zero-order valence-corrected chi connectivity index (χ0v) is 30.4. The molecule has 10 rings (SSSR count). The molecule has 0 saturated carbocycles. The molecule has 54 heavy (non-hydrogen) atoms. The molecule has 0 aliphatic heterocycles. The maximum Gasteiger partial charge on any atom is 0.0462 e. The fourth-order valence-corrected chi connectivity index (χ4v) is 8.96. The van der Waals surface area contributed by atoms with E-state index in [1.807, 2.05) is 11.3 Å². The highest BCUT2D eigenvalue weighted by Crippen LogP contribution is 2.42. The van der Waals surface area contributed by atoms with Crippen LogP contribution in [-0.4, -0.2) is 0 Å². The minimum atomic E-state index is 1.11. The maximum atomic E-state index is 2.36. The number of thiophene rings is 1. The van der Waals surface area contributed by atoms with Crippen molar-refractivity contribution >= 4 is 59.3 Å². The second-order valence-corrected chi connectivity index (χ2v) is 14.8. The fraction of sp³-hybridized carbons (Fsp3) is 0. The molecule has 1 aromatic heterocycles. The lowest BCUT2D eigenvalue weighted by Gasteiger charge is -2.26. The van der Waals surface area contributed by atoms with Crippen LogP contribution in [0.2, 0.25) is 0 Å². The van der Waals surface area contributed by atoms with E-state index in [4.69, 9.17) is 0 Å². The maximum absolute atomic E-state index is 2.36. The summed E-state index contributed by atoms with van der Waals surface area (Å²) in [5.41, 5.74) is 13.1. The Morgan fingerprint density at radius 1 is 0.296 bits per heavy atom. The van der Waals surface area contributed by atoms with Crippen LogP contribution in [0.1, 0.15) is 0 Å². The molecule has 0 bridgehead atoms. The summed E-state index contributed by atoms with van der Waals surface area (Å²) in [6.45, 7) is 0. The third-order valence-electron chi connectivity index (χ3n) is 10.5. The van der Waals surface area contributed by atoms with Crippen molar-refractivity contribution in [3.8, 4) is 44.5 Å². The van der Waals surface area contributed by atoms with Crippen molar-refractivity contribution in [2.45, 2.75) is 0 Å². The second-order valence-electron chi connectivity index (χ2n) is 13.7. The smallest absolute Gasteiger partial charge is 0.0462 e. The van der Waals surface area contributed by atoms with Gasteiger partial charge in [-0.1, -0.05) is 158 Å². The molecule has 9 aromatic carbocycles. The molecule has 0 radical (unpaired) electrons. The van der Waals surface area contributed by atoms with E-state index < -0.39 is 0 Å². The van der Waals surface area contributed by atoms with Crippen LogP contribution < -0.4 is 4.90 Å². The summed E-state index contributed by atoms with van der Waals surface area (Å²) < 4.78 is 2.64. The van der Waals surface area contributed by atoms with Gasteiger partial charge in [-0.15, -0.1) is 11.3 Å². The van der Waals surface area contributed by atoms with Crippen LogP contribution in [0.4, 0.5) is 17.1 Å². The van der Waals surface area contributed by atoms with Crippen LogP contribution in [0.25, 0.3) is 75.5 Å². The molecule has 254 valence electrons. The Kier molecular flexibility index (Phi) is 8.09. The largest absolute Gasteiger partial charge is 0.311 e. The Morgan fingerprint density at radius 2 is 0.778 bits per heavy atom. The number of nitrogens with zero attached hydrogens (tertiary/aromatic N) is 1. The van der Waals surface area contributed by atoms with Crippen molar-refractivity contribution in [2.24, 2.45) is 0 Å². The molecule has 10 aromatic rings. The molecule has 0 spiro atoms. The topological polar surface area (TPSA) is 3.24 Å². The Balaban J connectivity index is 1.03. The Bertz CT molecular complexity index is 2900. The SMILES string of the molecule is c1ccc(-c2ccc(N(c3ccc(-c4cccc(-c5cccc6ccccc56)c4)cc3)c3ccc(-c4cccc5sc6ccccc6c45)cc3)cc2)cc1. The molecule has 0 N–H and O–H groups in total. The van der Waals surface area contributed by atoms with E-state index in [2.05, 4.69) is 217 Å². The van der Waals surface area contributed by atoms with E-state index in [-0.39, 0.29) is 0 Å². The summed E-state index contributed by atoms with van der Waals surface area (Å²) in [4.78, 5) is 2.36. The van der Waals surface area contributed by atoms with E-state index in [1.54, 1.807) is 0 Å². The third kappa shape index (κ3) is 5.84. The molecule has 0 fully saturated rings. The Labute approximate surface area is 319 Å². The van der Waals surface area contributed by atoms with E-state index >= 15 is 0 Å². The molecular weight excluding hydrogens is 671 g/mol. The van der Waals surface area contributed by atoms with Crippen molar-refractivity contribution < 1.29 is 0 Å². The standard InChI is InChI=1S/C52H35NS/c1-2-11-36(12-3-1)37-23-29-43(30-24-37)53(45-33-27-40(28-34-45)48-20-10-22-51-52(48)49-18-6-7-21-50(49)54-51)44-31-25-38(26-32-44)41-15-8-16-42(35-41)47-19-9-14-39-13-4-5-17-46(39)47/h1-35H. The molecule has 2 heteroatoms. The summed E-state index contributed by atoms with van der Waals surface area (Å²) in [5.74, 6) is 0. The van der Waals surface area contributed by atoms with Gasteiger partial charge in [0.05, 0.1) is 0 Å². The van der Waals surface area contributed by atoms with E-state index in [0.717, 1.165) is 17.1 Å². The number of anilines is 3. The summed E-state index contributed by atoms with van der Waals surface area (Å²) in [6.07, 6.45) is 0. The van der Waals surface area contributed by atoms with Gasteiger partial charge in [0.1, 0.15) is 0 Å². The Morgan fingerprint density at radius 3 is 1.52 bits per heavy atom. The van der Waals surface area contributed by atoms with Crippen LogP contribution in [0.15, 0.2) is 212 Å². The van der Waals surface area contributed by atoms with E-state index in [0.29, 0.717) is 0 Å². The normalized spacial score (nSPS) is 11.3. The zero-order chi connectivity index (χ0) is 35.8. The molecule has 1 nitrogen and oxygen atoms in total. The molecule has 0 atom stereocenters. The summed E-state index contributed by atoms with van der Waals surface area (Å²) in [5, 5.41) is 5.18. The van der Waals surface area contributed by atoms with Gasteiger partial charge < -0.3 is 4.90 Å². The van der Waals surface area contributed by atoms with E-state index in [1.165, 1.54) is 75.5 Å². The molecule has 1 heterocycles. The first-order chi connectivity index (χ1) is 26.8. The lowest BCUT2D eigenvalue weighted by Crippen LogP contribution is -2.09. The molecule has 0 aliphatic rings. The molecule has 0 amide bonds. The van der Waals surface area contributed by atoms with Crippen molar-refractivity contribution in [1.82, 2.24) is 0 Å². The predicted molar refractivity (Wildman–Crippen MR) is 233 cm³/mol. The van der Waals surface area contributed by atoms with Crippen LogP contribution in [0, 0.1) is 0 Å². The first kappa shape index (κ1) is 32.0. The number of rotatable bonds is 7. The number of benzene rings is 9. The molecule has 0 unspecified atom stereocenters. The van der Waals surface area contributed by atoms with Gasteiger partial charge in [0.2, 0.25) is 0 Å². The zero-order valence-electron chi connectivity index (χ0n) is 29.6. The first-order valence-corrected chi connectivity index (χ1v) is 19.2. The van der Waals surface area contributed by atoms with Crippen LogP contribution in [0.5, 0.6) is 0 Å². The molecular formula is C52H35NS. The van der Waals surface area contributed by atoms with Crippen LogP contribution in [0.3, 0.4) is 0 Å². The number of hydrogen-bond acceptors (Lipinski definition) is 2. The minimum Gasteiger partial charge on any atom is -0.311 e. The summed E-state index contributed by atoms with van der Waals surface area (Å²) in [6, 6.07) is 77.0. The van der Waals surface area contributed by atoms with Gasteiger partial charge in [0.15, 0.2) is 0 Å². The fourth-order valence-electron chi connectivity index (χ4n) is 7.83. The minimum absolute atomic E-state index is 1.11. The van der Waals surface area contributed by atoms with E-state index in [9.17, 15) is 0 Å². The highest BCUT2D eigenvalue weighted by atomic mass is 32.1. The average molecular weight is 706 g/mol. The number of hydrogen-bond donors (Lipinski definition) is 0. The van der Waals surface area contributed by atoms with Gasteiger partial charge in [-0.05, 0) is 110 Å². The molecule has 0 saturated heterocycles.